The van der Waals surface area contributed by atoms with Gasteiger partial charge < -0.3 is 10.2 Å². The van der Waals surface area contributed by atoms with Crippen molar-refractivity contribution in [2.75, 3.05) is 39.8 Å². The molecule has 0 bridgehead atoms. The van der Waals surface area contributed by atoms with Gasteiger partial charge in [-0.25, -0.2) is 0 Å². The minimum Gasteiger partial charge on any atom is -0.338 e. The Morgan fingerprint density at radius 3 is 2.76 bits per heavy atom. The zero-order chi connectivity index (χ0) is 14.7. The first kappa shape index (κ1) is 15.3. The molecule has 0 aromatic rings. The summed E-state index contributed by atoms with van der Waals surface area (Å²) in [6, 6.07) is 0.565. The molecule has 21 heavy (non-hydrogen) atoms. The minimum atomic E-state index is 0.400. The Balaban J connectivity index is 1.52. The Morgan fingerprint density at radius 2 is 1.90 bits per heavy atom. The molecule has 2 heterocycles. The number of hydrogen-bond donors (Lipinski definition) is 1. The smallest absolute Gasteiger partial charge is 0.237 e. The lowest BCUT2D eigenvalue weighted by molar-refractivity contribution is -0.138. The largest absolute Gasteiger partial charge is 0.338 e. The van der Waals surface area contributed by atoms with Crippen LogP contribution in [0, 0.1) is 11.8 Å². The lowest BCUT2D eigenvalue weighted by Gasteiger charge is -2.44. The van der Waals surface area contributed by atoms with Gasteiger partial charge >= 0.3 is 0 Å². The van der Waals surface area contributed by atoms with Gasteiger partial charge in [-0.15, -0.1) is 0 Å². The van der Waals surface area contributed by atoms with E-state index in [4.69, 9.17) is 0 Å². The molecule has 2 aliphatic heterocycles. The predicted molar refractivity (Wildman–Crippen MR) is 85.2 cm³/mol. The number of carbonyl (C=O) groups excluding carboxylic acids is 1. The summed E-state index contributed by atoms with van der Waals surface area (Å²) < 4.78 is 0. The highest BCUT2D eigenvalue weighted by molar-refractivity contribution is 5.78. The van der Waals surface area contributed by atoms with Gasteiger partial charge in [0.25, 0.3) is 0 Å². The van der Waals surface area contributed by atoms with Crippen molar-refractivity contribution in [1.82, 2.24) is 15.1 Å². The van der Waals surface area contributed by atoms with E-state index in [1.54, 1.807) is 0 Å². The number of rotatable bonds is 4. The first-order chi connectivity index (χ1) is 10.3. The molecule has 3 rings (SSSR count). The average molecular weight is 293 g/mol. The standard InChI is InChI=1S/C17H31N3O/c1-18-11-14-8-10-19(12-14)13-17(21)20-9-4-6-15-5-2-3-7-16(15)20/h14-16,18H,2-13H2,1H3. The number of nitrogens with zero attached hydrogens (tertiary/aromatic N) is 2. The maximum atomic E-state index is 12.7. The highest BCUT2D eigenvalue weighted by Gasteiger charge is 2.36. The van der Waals surface area contributed by atoms with E-state index in [1.165, 1.54) is 44.9 Å². The van der Waals surface area contributed by atoms with Crippen LogP contribution in [0.1, 0.15) is 44.9 Å². The van der Waals surface area contributed by atoms with Crippen molar-refractivity contribution in [1.29, 1.82) is 0 Å². The molecule has 1 aliphatic carbocycles. The molecule has 120 valence electrons. The van der Waals surface area contributed by atoms with Crippen LogP contribution >= 0.6 is 0 Å². The van der Waals surface area contributed by atoms with Gasteiger partial charge in [-0.2, -0.15) is 0 Å². The van der Waals surface area contributed by atoms with Crippen LogP contribution in [0.15, 0.2) is 0 Å². The summed E-state index contributed by atoms with van der Waals surface area (Å²) in [6.45, 7) is 4.94. The molecule has 1 amide bonds. The first-order valence-corrected chi connectivity index (χ1v) is 8.94. The van der Waals surface area contributed by atoms with Crippen LogP contribution in [0.3, 0.4) is 0 Å². The fourth-order valence-electron chi connectivity index (χ4n) is 4.73. The van der Waals surface area contributed by atoms with E-state index in [2.05, 4.69) is 15.1 Å². The lowest BCUT2D eigenvalue weighted by atomic mass is 9.78. The van der Waals surface area contributed by atoms with E-state index in [9.17, 15) is 4.79 Å². The third-order valence-electron chi connectivity index (χ3n) is 5.79. The Kier molecular flexibility index (Phi) is 5.17. The molecule has 4 nitrogen and oxygen atoms in total. The molecular formula is C17H31N3O. The summed E-state index contributed by atoms with van der Waals surface area (Å²) in [5, 5.41) is 3.26. The molecule has 1 saturated carbocycles. The van der Waals surface area contributed by atoms with E-state index in [0.29, 0.717) is 18.5 Å². The summed E-state index contributed by atoms with van der Waals surface area (Å²) in [4.78, 5) is 17.4. The van der Waals surface area contributed by atoms with Gasteiger partial charge in [0.2, 0.25) is 5.91 Å². The summed E-state index contributed by atoms with van der Waals surface area (Å²) in [7, 11) is 2.02. The number of fused-ring (bicyclic) bond motifs is 1. The second-order valence-corrected chi connectivity index (χ2v) is 7.29. The van der Waals surface area contributed by atoms with Crippen LogP contribution in [0.2, 0.25) is 0 Å². The SMILES string of the molecule is CNCC1CCN(CC(=O)N2CCCC3CCCCC32)C1. The van der Waals surface area contributed by atoms with Crippen LogP contribution in [0.25, 0.3) is 0 Å². The van der Waals surface area contributed by atoms with Gasteiger partial charge in [0.15, 0.2) is 0 Å². The lowest BCUT2D eigenvalue weighted by Crippen LogP contribution is -2.52. The Bertz CT molecular complexity index is 358. The molecule has 3 atom stereocenters. The summed E-state index contributed by atoms with van der Waals surface area (Å²) in [6.07, 6.45) is 9.10. The third-order valence-corrected chi connectivity index (χ3v) is 5.79. The zero-order valence-electron chi connectivity index (χ0n) is 13.5. The van der Waals surface area contributed by atoms with E-state index in [-0.39, 0.29) is 0 Å². The quantitative estimate of drug-likeness (QED) is 0.857. The van der Waals surface area contributed by atoms with Gasteiger partial charge in [0.05, 0.1) is 6.54 Å². The predicted octanol–water partition coefficient (Wildman–Crippen LogP) is 1.71. The van der Waals surface area contributed by atoms with Crippen molar-refractivity contribution >= 4 is 5.91 Å². The van der Waals surface area contributed by atoms with Crippen LogP contribution in [-0.2, 0) is 4.79 Å². The molecular weight excluding hydrogens is 262 g/mol. The molecule has 4 heteroatoms. The fraction of sp³-hybridized carbons (Fsp3) is 0.941. The van der Waals surface area contributed by atoms with E-state index in [0.717, 1.165) is 38.0 Å². The maximum Gasteiger partial charge on any atom is 0.237 e. The van der Waals surface area contributed by atoms with E-state index >= 15 is 0 Å². The Morgan fingerprint density at radius 1 is 1.10 bits per heavy atom. The normalized spacial score (nSPS) is 34.0. The molecule has 3 fully saturated rings. The van der Waals surface area contributed by atoms with Crippen molar-refractivity contribution in [3.63, 3.8) is 0 Å². The second kappa shape index (κ2) is 7.10. The molecule has 1 N–H and O–H groups in total. The average Bonchev–Trinajstić information content (AvgIpc) is 2.94. The fourth-order valence-corrected chi connectivity index (χ4v) is 4.73. The van der Waals surface area contributed by atoms with Crippen molar-refractivity contribution in [3.8, 4) is 0 Å². The minimum absolute atomic E-state index is 0.400. The monoisotopic (exact) mass is 293 g/mol. The Labute approximate surface area is 129 Å². The van der Waals surface area contributed by atoms with Gasteiger partial charge in [-0.05, 0) is 64.1 Å². The van der Waals surface area contributed by atoms with Crippen molar-refractivity contribution in [3.05, 3.63) is 0 Å². The number of hydrogen-bond acceptors (Lipinski definition) is 3. The maximum absolute atomic E-state index is 12.7. The van der Waals surface area contributed by atoms with Gasteiger partial charge in [0.1, 0.15) is 0 Å². The van der Waals surface area contributed by atoms with Crippen molar-refractivity contribution in [2.45, 2.75) is 51.0 Å². The zero-order valence-corrected chi connectivity index (χ0v) is 13.5. The molecule has 0 radical (unpaired) electrons. The van der Waals surface area contributed by atoms with Crippen LogP contribution in [-0.4, -0.2) is 61.5 Å². The number of carbonyl (C=O) groups is 1. The Hall–Kier alpha value is -0.610. The van der Waals surface area contributed by atoms with Crippen LogP contribution in [0.4, 0.5) is 0 Å². The molecule has 0 spiro atoms. The number of likely N-dealkylation sites (tertiary alicyclic amines) is 2. The highest BCUT2D eigenvalue weighted by atomic mass is 16.2. The number of amides is 1. The van der Waals surface area contributed by atoms with Crippen LogP contribution in [0.5, 0.6) is 0 Å². The van der Waals surface area contributed by atoms with Crippen molar-refractivity contribution in [2.24, 2.45) is 11.8 Å². The van der Waals surface area contributed by atoms with E-state index < -0.39 is 0 Å². The molecule has 2 saturated heterocycles. The first-order valence-electron chi connectivity index (χ1n) is 8.94. The summed E-state index contributed by atoms with van der Waals surface area (Å²) >= 11 is 0. The highest BCUT2D eigenvalue weighted by Crippen LogP contribution is 2.35. The second-order valence-electron chi connectivity index (χ2n) is 7.29. The van der Waals surface area contributed by atoms with E-state index in [1.807, 2.05) is 7.05 Å². The summed E-state index contributed by atoms with van der Waals surface area (Å²) in [5.74, 6) is 1.93. The van der Waals surface area contributed by atoms with Gasteiger partial charge in [-0.1, -0.05) is 12.8 Å². The van der Waals surface area contributed by atoms with Gasteiger partial charge in [-0.3, -0.25) is 9.69 Å². The molecule has 3 aliphatic rings. The molecule has 0 aromatic carbocycles. The number of piperidine rings is 1. The van der Waals surface area contributed by atoms with Crippen LogP contribution < -0.4 is 5.32 Å². The topological polar surface area (TPSA) is 35.6 Å². The summed E-state index contributed by atoms with van der Waals surface area (Å²) in [5.41, 5.74) is 0. The third kappa shape index (κ3) is 3.59. The molecule has 3 unspecified atom stereocenters. The number of nitrogens with one attached hydrogen (secondary N) is 1. The van der Waals surface area contributed by atoms with Gasteiger partial charge in [0, 0.05) is 19.1 Å². The molecule has 0 aromatic heterocycles. The van der Waals surface area contributed by atoms with Crippen molar-refractivity contribution < 1.29 is 4.79 Å².